The lowest BCUT2D eigenvalue weighted by atomic mass is 10.2. The van der Waals surface area contributed by atoms with Gasteiger partial charge in [0, 0.05) is 0 Å². The van der Waals surface area contributed by atoms with E-state index in [9.17, 15) is 9.90 Å². The van der Waals surface area contributed by atoms with Gasteiger partial charge in [0.2, 0.25) is 0 Å². The Morgan fingerprint density at radius 3 is 2.76 bits per heavy atom. The number of ether oxygens (including phenoxy) is 1. The van der Waals surface area contributed by atoms with Gasteiger partial charge in [0.15, 0.2) is 0 Å². The Hall–Kier alpha value is -1.71. The van der Waals surface area contributed by atoms with Gasteiger partial charge >= 0.3 is 5.97 Å². The fraction of sp³-hybridized carbons (Fsp3) is 0.462. The quantitative estimate of drug-likeness (QED) is 0.739. The predicted molar refractivity (Wildman–Crippen MR) is 62.5 cm³/mol. The lowest BCUT2D eigenvalue weighted by molar-refractivity contribution is -0.268. The monoisotopic (exact) mass is 237 g/mol. The number of hydrogen-bond donors (Lipinski definition) is 1. The summed E-state index contributed by atoms with van der Waals surface area (Å²) >= 11 is 0. The van der Waals surface area contributed by atoms with E-state index < -0.39 is 11.7 Å². The highest BCUT2D eigenvalue weighted by Crippen LogP contribution is 2.21. The average Bonchev–Trinajstić information content (AvgIpc) is 2.30. The number of carbonyl (C=O) groups is 1. The van der Waals surface area contributed by atoms with Crippen LogP contribution in [-0.2, 0) is 0 Å². The zero-order valence-electron chi connectivity index (χ0n) is 9.94. The lowest BCUT2D eigenvalue weighted by Crippen LogP contribution is -2.05. The van der Waals surface area contributed by atoms with E-state index in [0.29, 0.717) is 12.4 Å². The van der Waals surface area contributed by atoms with Gasteiger partial charge in [-0.15, -0.1) is 0 Å². The molecule has 0 saturated heterocycles. The van der Waals surface area contributed by atoms with Gasteiger partial charge in [0.1, 0.15) is 5.75 Å². The molecule has 1 aromatic carbocycles. The molecule has 0 aliphatic carbocycles. The topological polar surface area (TPSA) is 69.6 Å². The largest absolute Gasteiger partial charge is 0.872 e. The second-order valence-electron chi connectivity index (χ2n) is 3.87. The average molecular weight is 237 g/mol. The number of unbranched alkanes of at least 4 members (excludes halogenated alkanes) is 3. The van der Waals surface area contributed by atoms with Gasteiger partial charge in [0.25, 0.3) is 0 Å². The van der Waals surface area contributed by atoms with Crippen LogP contribution in [-0.4, -0.2) is 17.7 Å². The predicted octanol–water partition coefficient (Wildman–Crippen LogP) is 2.42. The van der Waals surface area contributed by atoms with Gasteiger partial charge in [-0.3, -0.25) is 0 Å². The highest BCUT2D eigenvalue weighted by Gasteiger charge is 2.05. The smallest absolute Gasteiger partial charge is 0.335 e. The van der Waals surface area contributed by atoms with Crippen LogP contribution in [0, 0.1) is 0 Å². The molecule has 0 bridgehead atoms. The number of hydrogen-bond acceptors (Lipinski definition) is 3. The number of carboxylic acids is 1. The lowest BCUT2D eigenvalue weighted by Gasteiger charge is -2.12. The first-order valence-corrected chi connectivity index (χ1v) is 5.82. The molecule has 0 amide bonds. The number of carboxylic acid groups (broad SMARTS) is 1. The summed E-state index contributed by atoms with van der Waals surface area (Å²) in [7, 11) is 0. The van der Waals surface area contributed by atoms with Crippen LogP contribution in [0.2, 0.25) is 0 Å². The first-order valence-electron chi connectivity index (χ1n) is 5.82. The molecular weight excluding hydrogens is 220 g/mol. The molecule has 0 aromatic heterocycles. The van der Waals surface area contributed by atoms with E-state index >= 15 is 0 Å². The fourth-order valence-corrected chi connectivity index (χ4v) is 1.48. The Balaban J connectivity index is 2.49. The van der Waals surface area contributed by atoms with Crippen molar-refractivity contribution in [2.24, 2.45) is 0 Å². The maximum atomic E-state index is 11.2. The molecular formula is C13H17O4-. The molecule has 1 aromatic rings. The highest BCUT2D eigenvalue weighted by molar-refractivity contribution is 5.91. The highest BCUT2D eigenvalue weighted by atomic mass is 16.5. The van der Waals surface area contributed by atoms with Crippen molar-refractivity contribution in [3.05, 3.63) is 23.8 Å². The standard InChI is InChI=1S/C13H18O4/c1-2-3-4-5-8-17-10-6-7-12(14)11(9-10)13(15)16/h6-7,9,14H,2-5,8H2,1H3,(H,15,16)/p-1. The van der Waals surface area contributed by atoms with Crippen LogP contribution in [0.5, 0.6) is 11.5 Å². The van der Waals surface area contributed by atoms with E-state index in [2.05, 4.69) is 6.92 Å². The molecule has 17 heavy (non-hydrogen) atoms. The van der Waals surface area contributed by atoms with Gasteiger partial charge in [-0.1, -0.05) is 38.0 Å². The molecule has 0 unspecified atom stereocenters. The van der Waals surface area contributed by atoms with Crippen LogP contribution in [0.3, 0.4) is 0 Å². The molecule has 0 atom stereocenters. The van der Waals surface area contributed by atoms with E-state index in [1.165, 1.54) is 24.6 Å². The Bertz CT molecular complexity index is 374. The normalized spacial score (nSPS) is 10.2. The third kappa shape index (κ3) is 4.34. The summed E-state index contributed by atoms with van der Waals surface area (Å²) in [6.07, 6.45) is 4.37. The molecule has 0 fully saturated rings. The van der Waals surface area contributed by atoms with E-state index in [0.717, 1.165) is 19.3 Å². The summed E-state index contributed by atoms with van der Waals surface area (Å²) in [4.78, 5) is 10.7. The molecule has 0 radical (unpaired) electrons. The molecule has 1 N–H and O–H groups in total. The minimum absolute atomic E-state index is 0.240. The van der Waals surface area contributed by atoms with Crippen LogP contribution in [0.4, 0.5) is 0 Å². The van der Waals surface area contributed by atoms with Crippen LogP contribution < -0.4 is 9.84 Å². The van der Waals surface area contributed by atoms with Crippen molar-refractivity contribution < 1.29 is 19.7 Å². The van der Waals surface area contributed by atoms with Crippen LogP contribution >= 0.6 is 0 Å². The van der Waals surface area contributed by atoms with E-state index in [1.807, 2.05) is 0 Å². The van der Waals surface area contributed by atoms with Crippen molar-refractivity contribution >= 4 is 5.97 Å². The molecule has 0 aliphatic rings. The van der Waals surface area contributed by atoms with E-state index in [-0.39, 0.29) is 5.56 Å². The molecule has 0 saturated carbocycles. The zero-order valence-corrected chi connectivity index (χ0v) is 9.94. The first kappa shape index (κ1) is 13.4. The maximum absolute atomic E-state index is 11.2. The minimum atomic E-state index is -1.22. The fourth-order valence-electron chi connectivity index (χ4n) is 1.48. The summed E-state index contributed by atoms with van der Waals surface area (Å²) in [6.45, 7) is 2.68. The van der Waals surface area contributed by atoms with Crippen molar-refractivity contribution in [3.63, 3.8) is 0 Å². The summed E-state index contributed by atoms with van der Waals surface area (Å²) in [6, 6.07) is 4.02. The van der Waals surface area contributed by atoms with Crippen LogP contribution in [0.25, 0.3) is 0 Å². The molecule has 94 valence electrons. The molecule has 0 heterocycles. The van der Waals surface area contributed by atoms with Gasteiger partial charge in [-0.05, 0) is 18.6 Å². The molecule has 1 rings (SSSR count). The van der Waals surface area contributed by atoms with Gasteiger partial charge < -0.3 is 14.9 Å². The second-order valence-corrected chi connectivity index (χ2v) is 3.87. The van der Waals surface area contributed by atoms with Gasteiger partial charge in [0.05, 0.1) is 12.2 Å². The molecule has 4 nitrogen and oxygen atoms in total. The van der Waals surface area contributed by atoms with Crippen molar-refractivity contribution in [2.45, 2.75) is 32.6 Å². The van der Waals surface area contributed by atoms with Crippen LogP contribution in [0.15, 0.2) is 18.2 Å². The van der Waals surface area contributed by atoms with Gasteiger partial charge in [-0.25, -0.2) is 4.79 Å². The number of aromatic carboxylic acids is 1. The zero-order chi connectivity index (χ0) is 12.7. The van der Waals surface area contributed by atoms with Gasteiger partial charge in [-0.2, -0.15) is 0 Å². The first-order chi connectivity index (χ1) is 8.15. The third-order valence-electron chi connectivity index (χ3n) is 2.45. The summed E-state index contributed by atoms with van der Waals surface area (Å²) in [5.41, 5.74) is -0.240. The summed E-state index contributed by atoms with van der Waals surface area (Å²) in [5.74, 6) is -1.26. The maximum Gasteiger partial charge on any atom is 0.335 e. The minimum Gasteiger partial charge on any atom is -0.872 e. The SMILES string of the molecule is CCCCCCOc1ccc([O-])c(C(=O)O)c1. The summed E-state index contributed by atoms with van der Waals surface area (Å²) < 4.78 is 5.40. The summed E-state index contributed by atoms with van der Waals surface area (Å²) in [5, 5.41) is 20.0. The Labute approximate surface area is 101 Å². The van der Waals surface area contributed by atoms with Crippen molar-refractivity contribution in [1.82, 2.24) is 0 Å². The molecule has 4 heteroatoms. The van der Waals surface area contributed by atoms with E-state index in [1.54, 1.807) is 0 Å². The van der Waals surface area contributed by atoms with Crippen molar-refractivity contribution in [1.29, 1.82) is 0 Å². The number of rotatable bonds is 7. The Kier molecular flexibility index (Phi) is 5.33. The van der Waals surface area contributed by atoms with Crippen LogP contribution in [0.1, 0.15) is 43.0 Å². The molecule has 0 spiro atoms. The van der Waals surface area contributed by atoms with E-state index in [4.69, 9.17) is 9.84 Å². The van der Waals surface area contributed by atoms with Crippen molar-refractivity contribution in [2.75, 3.05) is 6.61 Å². The third-order valence-corrected chi connectivity index (χ3v) is 2.45. The molecule has 0 aliphatic heterocycles. The number of benzene rings is 1. The second kappa shape index (κ2) is 6.78. The van der Waals surface area contributed by atoms with Crippen molar-refractivity contribution in [3.8, 4) is 11.5 Å². The Morgan fingerprint density at radius 1 is 1.35 bits per heavy atom. The Morgan fingerprint density at radius 2 is 2.12 bits per heavy atom.